The summed E-state index contributed by atoms with van der Waals surface area (Å²) in [5.74, 6) is -0.765. The Morgan fingerprint density at radius 2 is 1.88 bits per heavy atom. The summed E-state index contributed by atoms with van der Waals surface area (Å²) in [6.45, 7) is 3.82. The quantitative estimate of drug-likeness (QED) is 0.506. The molecule has 0 aromatic carbocycles. The van der Waals surface area contributed by atoms with Crippen molar-refractivity contribution in [2.75, 3.05) is 6.61 Å². The molecule has 0 unspecified atom stereocenters. The van der Waals surface area contributed by atoms with Crippen LogP contribution in [0.25, 0.3) is 0 Å². The summed E-state index contributed by atoms with van der Waals surface area (Å²) in [5.41, 5.74) is -2.41. The first-order valence-corrected chi connectivity index (χ1v) is 12.0. The van der Waals surface area contributed by atoms with Crippen molar-refractivity contribution >= 4 is 18.2 Å². The van der Waals surface area contributed by atoms with Crippen molar-refractivity contribution in [2.45, 2.75) is 88.9 Å². The number of aldehydes is 1. The van der Waals surface area contributed by atoms with E-state index in [2.05, 4.69) is 6.92 Å². The zero-order valence-electron chi connectivity index (χ0n) is 19.0. The largest absolute Gasteiger partial charge is 0.462 e. The molecule has 32 heavy (non-hydrogen) atoms. The van der Waals surface area contributed by atoms with E-state index in [4.69, 9.17) is 9.47 Å². The second-order valence-corrected chi connectivity index (χ2v) is 11.4. The number of carbonyl (C=O) groups excluding carboxylic acids is 3. The van der Waals surface area contributed by atoms with Crippen molar-refractivity contribution in [2.24, 2.45) is 28.6 Å². The van der Waals surface area contributed by atoms with Gasteiger partial charge in [0.2, 0.25) is 0 Å². The van der Waals surface area contributed by atoms with E-state index in [-0.39, 0.29) is 47.6 Å². The maximum Gasteiger partial charge on any atom is 0.331 e. The van der Waals surface area contributed by atoms with Crippen molar-refractivity contribution in [1.29, 1.82) is 0 Å². The number of ether oxygens (including phenoxy) is 2. The van der Waals surface area contributed by atoms with Gasteiger partial charge in [0, 0.05) is 19.4 Å². The fourth-order valence-electron chi connectivity index (χ4n) is 8.44. The highest BCUT2D eigenvalue weighted by molar-refractivity contribution is 5.85. The van der Waals surface area contributed by atoms with Gasteiger partial charge in [0.15, 0.2) is 0 Å². The minimum absolute atomic E-state index is 0.0828. The van der Waals surface area contributed by atoms with E-state index in [1.807, 2.05) is 0 Å². The van der Waals surface area contributed by atoms with Crippen LogP contribution in [-0.4, -0.2) is 52.4 Å². The lowest BCUT2D eigenvalue weighted by molar-refractivity contribution is -0.247. The first kappa shape index (κ1) is 22.1. The molecule has 5 rings (SSSR count). The summed E-state index contributed by atoms with van der Waals surface area (Å²) < 4.78 is 10.5. The molecule has 0 saturated heterocycles. The average Bonchev–Trinajstić information content (AvgIpc) is 3.27. The third-order valence-corrected chi connectivity index (χ3v) is 10.00. The van der Waals surface area contributed by atoms with E-state index in [0.29, 0.717) is 38.7 Å². The van der Waals surface area contributed by atoms with Crippen LogP contribution in [0, 0.1) is 28.6 Å². The van der Waals surface area contributed by atoms with Crippen molar-refractivity contribution in [3.8, 4) is 0 Å². The zero-order valence-corrected chi connectivity index (χ0v) is 19.0. The van der Waals surface area contributed by atoms with E-state index in [0.717, 1.165) is 31.1 Å². The minimum atomic E-state index is -1.22. The van der Waals surface area contributed by atoms with E-state index in [9.17, 15) is 24.6 Å². The summed E-state index contributed by atoms with van der Waals surface area (Å²) in [6, 6.07) is 0. The van der Waals surface area contributed by atoms with Crippen LogP contribution in [0.5, 0.6) is 0 Å². The Hall–Kier alpha value is -1.73. The van der Waals surface area contributed by atoms with Gasteiger partial charge in [-0.2, -0.15) is 0 Å². The molecule has 176 valence electrons. The van der Waals surface area contributed by atoms with Crippen LogP contribution < -0.4 is 0 Å². The standard InChI is InChI=1S/C25H34O7/c1-15(27)32-18-3-7-23(14-26)19-4-6-22(2)10-17(16-9-21(28)31-13-16)11-25(22,30)20(19)5-8-24(23,29)12-18/h9,14,17-20,29-30H,3-8,10-13H2,1-2H3/t17-,18-,19+,20-,22+,23-,24+,25-/m0/s1. The molecule has 5 aliphatic rings. The first-order chi connectivity index (χ1) is 15.1. The Labute approximate surface area is 188 Å². The van der Waals surface area contributed by atoms with Crippen LogP contribution in [0.15, 0.2) is 11.6 Å². The van der Waals surface area contributed by atoms with Gasteiger partial charge in [-0.05, 0) is 80.1 Å². The monoisotopic (exact) mass is 446 g/mol. The van der Waals surface area contributed by atoms with E-state index in [1.165, 1.54) is 6.92 Å². The number of hydrogen-bond acceptors (Lipinski definition) is 7. The minimum Gasteiger partial charge on any atom is -0.462 e. The Morgan fingerprint density at radius 3 is 2.53 bits per heavy atom. The predicted molar refractivity (Wildman–Crippen MR) is 113 cm³/mol. The van der Waals surface area contributed by atoms with Crippen molar-refractivity contribution < 1.29 is 34.1 Å². The number of carbonyl (C=O) groups is 3. The lowest BCUT2D eigenvalue weighted by Crippen LogP contribution is -2.68. The van der Waals surface area contributed by atoms with Gasteiger partial charge in [0.25, 0.3) is 0 Å². The molecule has 0 aromatic heterocycles. The Bertz CT molecular complexity index is 882. The molecule has 1 heterocycles. The SMILES string of the molecule is CC(=O)O[C@H]1CC[C@]2(C=O)[C@@H]3CC[C@]4(C)C[C@H](C5=CC(=O)OC5)C[C@]4(O)[C@H]3CC[C@@]2(O)C1. The lowest BCUT2D eigenvalue weighted by Gasteiger charge is -2.64. The normalized spacial score (nSPS) is 49.9. The molecule has 4 fully saturated rings. The van der Waals surface area contributed by atoms with E-state index < -0.39 is 16.6 Å². The molecule has 7 nitrogen and oxygen atoms in total. The molecule has 0 radical (unpaired) electrons. The molecule has 4 aliphatic carbocycles. The Morgan fingerprint density at radius 1 is 1.12 bits per heavy atom. The number of esters is 2. The Kier molecular flexibility index (Phi) is 4.92. The highest BCUT2D eigenvalue weighted by Gasteiger charge is 2.70. The first-order valence-electron chi connectivity index (χ1n) is 12.0. The second-order valence-electron chi connectivity index (χ2n) is 11.4. The molecule has 4 saturated carbocycles. The van der Waals surface area contributed by atoms with Crippen molar-refractivity contribution in [3.63, 3.8) is 0 Å². The predicted octanol–water partition coefficient (Wildman–Crippen LogP) is 2.47. The number of rotatable bonds is 3. The molecule has 7 heteroatoms. The van der Waals surface area contributed by atoms with Gasteiger partial charge in [0.1, 0.15) is 19.0 Å². The number of hydrogen-bond donors (Lipinski definition) is 2. The van der Waals surface area contributed by atoms with Crippen molar-refractivity contribution in [3.05, 3.63) is 11.6 Å². The Balaban J connectivity index is 1.45. The highest BCUT2D eigenvalue weighted by Crippen LogP contribution is 2.69. The third-order valence-electron chi connectivity index (χ3n) is 10.00. The van der Waals surface area contributed by atoms with Crippen LogP contribution in [-0.2, 0) is 23.9 Å². The van der Waals surface area contributed by atoms with Gasteiger partial charge in [0.05, 0.1) is 16.6 Å². The summed E-state index contributed by atoms with van der Waals surface area (Å²) in [7, 11) is 0. The van der Waals surface area contributed by atoms with Gasteiger partial charge >= 0.3 is 11.9 Å². The topological polar surface area (TPSA) is 110 Å². The molecular formula is C25H34O7. The van der Waals surface area contributed by atoms with Gasteiger partial charge in [-0.15, -0.1) is 0 Å². The fourth-order valence-corrected chi connectivity index (χ4v) is 8.44. The smallest absolute Gasteiger partial charge is 0.331 e. The zero-order chi connectivity index (χ0) is 22.9. The fraction of sp³-hybridized carbons (Fsp3) is 0.800. The van der Waals surface area contributed by atoms with Crippen LogP contribution >= 0.6 is 0 Å². The van der Waals surface area contributed by atoms with Crippen LogP contribution in [0.3, 0.4) is 0 Å². The van der Waals surface area contributed by atoms with Crippen LogP contribution in [0.2, 0.25) is 0 Å². The summed E-state index contributed by atoms with van der Waals surface area (Å²) in [6.07, 6.45) is 7.44. The number of cyclic esters (lactones) is 1. The highest BCUT2D eigenvalue weighted by atomic mass is 16.5. The second kappa shape index (κ2) is 7.13. The van der Waals surface area contributed by atoms with Crippen molar-refractivity contribution in [1.82, 2.24) is 0 Å². The molecule has 2 N–H and O–H groups in total. The maximum atomic E-state index is 12.7. The summed E-state index contributed by atoms with van der Waals surface area (Å²) in [5, 5.41) is 23.9. The molecule has 1 aliphatic heterocycles. The molecule has 0 spiro atoms. The van der Waals surface area contributed by atoms with E-state index >= 15 is 0 Å². The molecule has 0 amide bonds. The average molecular weight is 447 g/mol. The number of aliphatic hydroxyl groups is 2. The van der Waals surface area contributed by atoms with Gasteiger partial charge in [-0.25, -0.2) is 4.79 Å². The lowest BCUT2D eigenvalue weighted by atomic mass is 9.42. The summed E-state index contributed by atoms with van der Waals surface area (Å²) in [4.78, 5) is 35.8. The van der Waals surface area contributed by atoms with Crippen LogP contribution in [0.1, 0.15) is 71.6 Å². The van der Waals surface area contributed by atoms with Gasteiger partial charge in [-0.1, -0.05) is 6.92 Å². The molecular weight excluding hydrogens is 412 g/mol. The van der Waals surface area contributed by atoms with E-state index in [1.54, 1.807) is 6.08 Å². The van der Waals surface area contributed by atoms with Gasteiger partial charge in [-0.3, -0.25) is 4.79 Å². The third kappa shape index (κ3) is 2.89. The molecule has 0 bridgehead atoms. The van der Waals surface area contributed by atoms with Crippen LogP contribution in [0.4, 0.5) is 0 Å². The van der Waals surface area contributed by atoms with Gasteiger partial charge < -0.3 is 24.5 Å². The molecule has 0 aromatic rings. The molecule has 8 atom stereocenters. The number of fused-ring (bicyclic) bond motifs is 5. The maximum absolute atomic E-state index is 12.7. The summed E-state index contributed by atoms with van der Waals surface area (Å²) >= 11 is 0.